The lowest BCUT2D eigenvalue weighted by Crippen LogP contribution is -2.14. The molecule has 0 saturated carbocycles. The van der Waals surface area contributed by atoms with Gasteiger partial charge in [0.25, 0.3) is 5.69 Å². The first-order valence-corrected chi connectivity index (χ1v) is 8.46. The third-order valence-corrected chi connectivity index (χ3v) is 4.32. The number of rotatable bonds is 6. The molecule has 0 unspecified atom stereocenters. The van der Waals surface area contributed by atoms with Crippen LogP contribution in [-0.2, 0) is 9.59 Å². The molecular weight excluding hydrogens is 366 g/mol. The van der Waals surface area contributed by atoms with Crippen LogP contribution in [0.2, 0.25) is 5.02 Å². The topological polar surface area (TPSA) is 101 Å². The first kappa shape index (κ1) is 18.8. The quantitative estimate of drug-likeness (QED) is 0.449. The minimum absolute atomic E-state index is 0.000432. The molecule has 0 fully saturated rings. The van der Waals surface area contributed by atoms with Gasteiger partial charge in [-0.2, -0.15) is 0 Å². The fraction of sp³-hybridized carbons (Fsp3) is 0.125. The van der Waals surface area contributed by atoms with Crippen molar-refractivity contribution in [3.63, 3.8) is 0 Å². The van der Waals surface area contributed by atoms with E-state index in [-0.39, 0.29) is 23.3 Å². The van der Waals surface area contributed by atoms with Crippen LogP contribution in [0.5, 0.6) is 0 Å². The van der Waals surface area contributed by atoms with Crippen LogP contribution < -0.4 is 10.6 Å². The molecule has 0 aliphatic carbocycles. The van der Waals surface area contributed by atoms with Gasteiger partial charge in [-0.05, 0) is 30.3 Å². The molecule has 0 saturated heterocycles. The van der Waals surface area contributed by atoms with E-state index in [9.17, 15) is 19.7 Å². The number of amides is 2. The molecule has 2 aromatic rings. The third-order valence-electron chi connectivity index (χ3n) is 2.98. The summed E-state index contributed by atoms with van der Waals surface area (Å²) in [6.45, 7) is 1.36. The van der Waals surface area contributed by atoms with E-state index >= 15 is 0 Å². The van der Waals surface area contributed by atoms with Crippen molar-refractivity contribution >= 4 is 52.2 Å². The number of nitrogens with one attached hydrogen (secondary N) is 2. The van der Waals surface area contributed by atoms with Crippen LogP contribution in [0.25, 0.3) is 0 Å². The van der Waals surface area contributed by atoms with Gasteiger partial charge in [0.2, 0.25) is 11.8 Å². The Hall–Kier alpha value is -2.58. The Morgan fingerprint density at radius 3 is 2.44 bits per heavy atom. The maximum absolute atomic E-state index is 12.0. The van der Waals surface area contributed by atoms with Gasteiger partial charge in [-0.3, -0.25) is 19.7 Å². The number of anilines is 2. The van der Waals surface area contributed by atoms with E-state index < -0.39 is 4.92 Å². The number of thioether (sulfide) groups is 1. The molecule has 0 aliphatic heterocycles. The molecule has 130 valence electrons. The molecule has 7 nitrogen and oxygen atoms in total. The average molecular weight is 380 g/mol. The van der Waals surface area contributed by atoms with Gasteiger partial charge in [-0.15, -0.1) is 11.8 Å². The standard InChI is InChI=1S/C16H14ClN3O4S/c1-10(21)18-15-8-11(2-7-14(15)17)19-16(22)9-25-13-5-3-12(4-6-13)20(23)24/h2-8H,9H2,1H3,(H,18,21)(H,19,22). The van der Waals surface area contributed by atoms with Crippen molar-refractivity contribution in [2.24, 2.45) is 0 Å². The Morgan fingerprint density at radius 2 is 1.84 bits per heavy atom. The zero-order valence-corrected chi connectivity index (χ0v) is 14.7. The zero-order chi connectivity index (χ0) is 18.4. The van der Waals surface area contributed by atoms with Gasteiger partial charge in [0.1, 0.15) is 0 Å². The number of nitro benzene ring substituents is 1. The fourth-order valence-electron chi connectivity index (χ4n) is 1.90. The Labute approximate surface area is 152 Å². The number of hydrogen-bond acceptors (Lipinski definition) is 5. The smallest absolute Gasteiger partial charge is 0.269 e. The monoisotopic (exact) mass is 379 g/mol. The van der Waals surface area contributed by atoms with Crippen molar-refractivity contribution in [3.05, 3.63) is 57.6 Å². The van der Waals surface area contributed by atoms with Crippen molar-refractivity contribution in [3.8, 4) is 0 Å². The Bertz CT molecular complexity index is 812. The average Bonchev–Trinajstić information content (AvgIpc) is 2.56. The van der Waals surface area contributed by atoms with Crippen LogP contribution in [0.1, 0.15) is 6.92 Å². The highest BCUT2D eigenvalue weighted by Crippen LogP contribution is 2.26. The number of hydrogen-bond donors (Lipinski definition) is 2. The lowest BCUT2D eigenvalue weighted by atomic mass is 10.2. The van der Waals surface area contributed by atoms with E-state index in [0.717, 1.165) is 4.90 Å². The summed E-state index contributed by atoms with van der Waals surface area (Å²) >= 11 is 7.23. The molecule has 9 heteroatoms. The summed E-state index contributed by atoms with van der Waals surface area (Å²) in [5.74, 6) is -0.380. The van der Waals surface area contributed by atoms with E-state index in [1.807, 2.05) is 0 Å². The molecule has 2 rings (SSSR count). The molecule has 0 spiro atoms. The van der Waals surface area contributed by atoms with Gasteiger partial charge in [-0.1, -0.05) is 11.6 Å². The maximum atomic E-state index is 12.0. The third kappa shape index (κ3) is 5.77. The lowest BCUT2D eigenvalue weighted by molar-refractivity contribution is -0.384. The van der Waals surface area contributed by atoms with Crippen molar-refractivity contribution < 1.29 is 14.5 Å². The number of carbonyl (C=O) groups excluding carboxylic acids is 2. The highest BCUT2D eigenvalue weighted by atomic mass is 35.5. The first-order chi connectivity index (χ1) is 11.8. The maximum Gasteiger partial charge on any atom is 0.269 e. The minimum atomic E-state index is -0.478. The van der Waals surface area contributed by atoms with Gasteiger partial charge >= 0.3 is 0 Å². The number of benzene rings is 2. The van der Waals surface area contributed by atoms with E-state index in [2.05, 4.69) is 10.6 Å². The van der Waals surface area contributed by atoms with E-state index in [0.29, 0.717) is 16.4 Å². The van der Waals surface area contributed by atoms with Crippen molar-refractivity contribution in [1.82, 2.24) is 0 Å². The van der Waals surface area contributed by atoms with Crippen molar-refractivity contribution in [1.29, 1.82) is 0 Å². The second kappa shape index (κ2) is 8.50. The number of carbonyl (C=O) groups is 2. The van der Waals surface area contributed by atoms with Gasteiger partial charge in [0.05, 0.1) is 21.4 Å². The van der Waals surface area contributed by atoms with E-state index in [1.54, 1.807) is 30.3 Å². The van der Waals surface area contributed by atoms with Gasteiger partial charge in [0.15, 0.2) is 0 Å². The van der Waals surface area contributed by atoms with Gasteiger partial charge in [-0.25, -0.2) is 0 Å². The fourth-order valence-corrected chi connectivity index (χ4v) is 2.76. The summed E-state index contributed by atoms with van der Waals surface area (Å²) in [6, 6.07) is 10.7. The summed E-state index contributed by atoms with van der Waals surface area (Å²) < 4.78 is 0. The number of nitro groups is 1. The zero-order valence-electron chi connectivity index (χ0n) is 13.1. The van der Waals surface area contributed by atoms with Crippen LogP contribution >= 0.6 is 23.4 Å². The molecule has 0 atom stereocenters. The summed E-state index contributed by atoms with van der Waals surface area (Å²) in [7, 11) is 0. The highest BCUT2D eigenvalue weighted by Gasteiger charge is 2.09. The largest absolute Gasteiger partial charge is 0.325 e. The van der Waals surface area contributed by atoms with Crippen LogP contribution in [0.3, 0.4) is 0 Å². The van der Waals surface area contributed by atoms with Crippen LogP contribution in [0.4, 0.5) is 17.1 Å². The lowest BCUT2D eigenvalue weighted by Gasteiger charge is -2.09. The molecule has 2 amide bonds. The molecule has 0 radical (unpaired) electrons. The Balaban J connectivity index is 1.93. The predicted molar refractivity (Wildman–Crippen MR) is 98.2 cm³/mol. The summed E-state index contributed by atoms with van der Waals surface area (Å²) in [5.41, 5.74) is 0.915. The Kier molecular flexibility index (Phi) is 6.37. The first-order valence-electron chi connectivity index (χ1n) is 7.09. The van der Waals surface area contributed by atoms with Gasteiger partial charge in [0, 0.05) is 29.6 Å². The molecule has 0 aromatic heterocycles. The molecule has 2 aromatic carbocycles. The van der Waals surface area contributed by atoms with E-state index in [1.165, 1.54) is 30.8 Å². The highest BCUT2D eigenvalue weighted by molar-refractivity contribution is 8.00. The second-order valence-electron chi connectivity index (χ2n) is 4.96. The molecule has 0 aliphatic rings. The summed E-state index contributed by atoms with van der Waals surface area (Å²) in [5, 5.41) is 16.2. The van der Waals surface area contributed by atoms with Crippen LogP contribution in [0.15, 0.2) is 47.4 Å². The molecule has 0 heterocycles. The normalized spacial score (nSPS) is 10.2. The molecule has 0 bridgehead atoms. The number of non-ortho nitro benzene ring substituents is 1. The minimum Gasteiger partial charge on any atom is -0.325 e. The molecular formula is C16H14ClN3O4S. The second-order valence-corrected chi connectivity index (χ2v) is 6.42. The SMILES string of the molecule is CC(=O)Nc1cc(NC(=O)CSc2ccc([N+](=O)[O-])cc2)ccc1Cl. The number of nitrogens with zero attached hydrogens (tertiary/aromatic N) is 1. The Morgan fingerprint density at radius 1 is 1.16 bits per heavy atom. The van der Waals surface area contributed by atoms with Gasteiger partial charge < -0.3 is 10.6 Å². The van der Waals surface area contributed by atoms with E-state index in [4.69, 9.17) is 11.6 Å². The molecule has 2 N–H and O–H groups in total. The van der Waals surface area contributed by atoms with Crippen LogP contribution in [-0.4, -0.2) is 22.5 Å². The van der Waals surface area contributed by atoms with Crippen LogP contribution in [0, 0.1) is 10.1 Å². The summed E-state index contributed by atoms with van der Waals surface area (Å²) in [6.07, 6.45) is 0. The predicted octanol–water partition coefficient (Wildman–Crippen LogP) is 3.94. The number of halogens is 1. The summed E-state index contributed by atoms with van der Waals surface area (Å²) in [4.78, 5) is 34.0. The van der Waals surface area contributed by atoms with Crippen molar-refractivity contribution in [2.45, 2.75) is 11.8 Å². The van der Waals surface area contributed by atoms with Crippen molar-refractivity contribution in [2.75, 3.05) is 16.4 Å². The molecule has 25 heavy (non-hydrogen) atoms.